The Labute approximate surface area is 43.6 Å². The molecule has 0 radical (unpaired) electrons. The normalized spacial score (nSPS) is 10.6. The van der Waals surface area contributed by atoms with E-state index in [0.29, 0.717) is 6.04 Å². The van der Waals surface area contributed by atoms with Crippen LogP contribution in [0.1, 0.15) is 1.37 Å². The first-order valence-electron chi connectivity index (χ1n) is 2.54. The molecule has 1 aromatic carbocycles. The minimum Gasteiger partial charge on any atom is -0.508 e. The first-order valence-corrected chi connectivity index (χ1v) is 2.04. The minimum atomic E-state index is 0.209. The van der Waals surface area contributed by atoms with Crippen molar-refractivity contribution >= 4 is 0 Å². The van der Waals surface area contributed by atoms with E-state index in [0.717, 1.165) is 0 Å². The lowest BCUT2D eigenvalue weighted by Crippen LogP contribution is -1.56. The van der Waals surface area contributed by atoms with Gasteiger partial charge < -0.3 is 5.11 Å². The quantitative estimate of drug-likeness (QED) is 0.516. The third-order valence-electron chi connectivity index (χ3n) is 0.701. The molecule has 0 heterocycles. The third kappa shape index (κ3) is 0.929. The number of para-hydroxylation sites is 1. The van der Waals surface area contributed by atoms with Gasteiger partial charge in [-0.05, 0) is 12.1 Å². The number of hydrogen-bond acceptors (Lipinski definition) is 1. The Balaban J connectivity index is 3.03. The molecule has 1 rings (SSSR count). The maximum atomic E-state index is 8.67. The lowest BCUT2D eigenvalue weighted by Gasteiger charge is -1.82. The van der Waals surface area contributed by atoms with E-state index < -0.39 is 0 Å². The Morgan fingerprint density at radius 1 is 1.43 bits per heavy atom. The van der Waals surface area contributed by atoms with Gasteiger partial charge in [0.2, 0.25) is 0 Å². The Hall–Kier alpha value is -0.980. The second-order valence-corrected chi connectivity index (χ2v) is 1.26. The number of benzene rings is 1. The lowest BCUT2D eigenvalue weighted by molar-refractivity contribution is 0.475. The largest absolute Gasteiger partial charge is 0.508 e. The molecule has 0 unspecified atom stereocenters. The fourth-order valence-corrected chi connectivity index (χ4v) is 0.378. The highest BCUT2D eigenvalue weighted by molar-refractivity contribution is 5.18. The summed E-state index contributed by atoms with van der Waals surface area (Å²) in [6, 6.07) is 6.47. The number of phenolic OH excluding ortho intramolecular Hbond substituents is 1. The molecule has 1 heteroatoms. The topological polar surface area (TPSA) is 20.2 Å². The number of phenols is 1. The predicted molar refractivity (Wildman–Crippen MR) is 28.1 cm³/mol. The van der Waals surface area contributed by atoms with Gasteiger partial charge >= 0.3 is 0 Å². The summed E-state index contributed by atoms with van der Waals surface area (Å²) >= 11 is 0. The van der Waals surface area contributed by atoms with Crippen LogP contribution in [0.3, 0.4) is 0 Å². The molecule has 1 aromatic rings. The van der Waals surface area contributed by atoms with Gasteiger partial charge in [-0.15, -0.1) is 0 Å². The van der Waals surface area contributed by atoms with E-state index in [1.807, 2.05) is 0 Å². The minimum absolute atomic E-state index is 0.209. The molecule has 0 fully saturated rings. The van der Waals surface area contributed by atoms with Crippen LogP contribution in [-0.4, -0.2) is 5.11 Å². The van der Waals surface area contributed by atoms with Crippen LogP contribution in [0, 0.1) is 0 Å². The Morgan fingerprint density at radius 3 is 2.43 bits per heavy atom. The van der Waals surface area contributed by atoms with Gasteiger partial charge in [0.25, 0.3) is 0 Å². The summed E-state index contributed by atoms with van der Waals surface area (Å²) in [6.45, 7) is 0. The molecule has 1 nitrogen and oxygen atoms in total. The van der Waals surface area contributed by atoms with Crippen LogP contribution in [0.25, 0.3) is 0 Å². The molecule has 0 aliphatic rings. The third-order valence-corrected chi connectivity index (χ3v) is 0.701. The highest BCUT2D eigenvalue weighted by Gasteiger charge is 1.74. The fourth-order valence-electron chi connectivity index (χ4n) is 0.378. The van der Waals surface area contributed by atoms with E-state index >= 15 is 0 Å². The molecule has 0 aromatic heterocycles. The zero-order valence-corrected chi connectivity index (χ0v) is 3.76. The first-order chi connectivity index (χ1) is 3.79. The van der Waals surface area contributed by atoms with Gasteiger partial charge in [-0.1, -0.05) is 18.2 Å². The van der Waals surface area contributed by atoms with Crippen LogP contribution in [0.5, 0.6) is 5.75 Å². The highest BCUT2D eigenvalue weighted by Crippen LogP contribution is 2.02. The molecular weight excluding hydrogens is 88.1 g/mol. The zero-order chi connectivity index (χ0) is 5.98. The van der Waals surface area contributed by atoms with Crippen molar-refractivity contribution < 1.29 is 6.48 Å². The van der Waals surface area contributed by atoms with Gasteiger partial charge in [0.15, 0.2) is 0 Å². The first kappa shape index (κ1) is 3.08. The smallest absolute Gasteiger partial charge is 0.115 e. The summed E-state index contributed by atoms with van der Waals surface area (Å²) in [7, 11) is 0. The van der Waals surface area contributed by atoms with E-state index in [1.54, 1.807) is 0 Å². The standard InChI is InChI=1S/C6H6O/c7-6-4-2-1-3-5-6/h1-5,7H/i1D. The maximum Gasteiger partial charge on any atom is 0.115 e. The molecule has 0 atom stereocenters. The summed E-state index contributed by atoms with van der Waals surface area (Å²) in [4.78, 5) is 0. The SMILES string of the molecule is [2H]c1ccc(O)cc1. The number of hydrogen-bond donors (Lipinski definition) is 1. The van der Waals surface area contributed by atoms with Gasteiger partial charge in [0, 0.05) is 0 Å². The zero-order valence-electron chi connectivity index (χ0n) is 4.76. The van der Waals surface area contributed by atoms with Gasteiger partial charge in [0.05, 0.1) is 1.37 Å². The predicted octanol–water partition coefficient (Wildman–Crippen LogP) is 1.39. The Bertz CT molecular complexity index is 147. The second kappa shape index (κ2) is 1.65. The van der Waals surface area contributed by atoms with Gasteiger partial charge in [-0.3, -0.25) is 0 Å². The molecule has 0 aliphatic heterocycles. The van der Waals surface area contributed by atoms with E-state index in [1.165, 1.54) is 24.3 Å². The van der Waals surface area contributed by atoms with Crippen LogP contribution in [-0.2, 0) is 0 Å². The van der Waals surface area contributed by atoms with Crippen molar-refractivity contribution in [3.8, 4) is 5.75 Å². The molecular formula is C6H6O. The summed E-state index contributed by atoms with van der Waals surface area (Å²) in [5.41, 5.74) is 0. The van der Waals surface area contributed by atoms with Crippen molar-refractivity contribution in [3.63, 3.8) is 0 Å². The van der Waals surface area contributed by atoms with E-state index in [-0.39, 0.29) is 5.75 Å². The van der Waals surface area contributed by atoms with Crippen LogP contribution < -0.4 is 0 Å². The van der Waals surface area contributed by atoms with Crippen LogP contribution in [0.4, 0.5) is 0 Å². The van der Waals surface area contributed by atoms with Crippen LogP contribution in [0.15, 0.2) is 30.3 Å². The van der Waals surface area contributed by atoms with Crippen molar-refractivity contribution in [3.05, 3.63) is 30.3 Å². The van der Waals surface area contributed by atoms with E-state index in [9.17, 15) is 0 Å². The lowest BCUT2D eigenvalue weighted by atomic mass is 10.3. The molecule has 0 spiro atoms. The average Bonchev–Trinajstić information content (AvgIpc) is 1.77. The summed E-state index contributed by atoms with van der Waals surface area (Å²) in [6.07, 6.45) is 0. The van der Waals surface area contributed by atoms with Gasteiger partial charge in [0.1, 0.15) is 5.75 Å². The molecule has 1 N–H and O–H groups in total. The Morgan fingerprint density at radius 2 is 2.00 bits per heavy atom. The molecule has 0 aliphatic carbocycles. The van der Waals surface area contributed by atoms with Crippen LogP contribution >= 0.6 is 0 Å². The van der Waals surface area contributed by atoms with Gasteiger partial charge in [-0.25, -0.2) is 0 Å². The average molecular weight is 95.1 g/mol. The number of rotatable bonds is 0. The van der Waals surface area contributed by atoms with E-state index in [2.05, 4.69) is 0 Å². The Kier molecular flexibility index (Phi) is 0.724. The molecule has 0 saturated heterocycles. The van der Waals surface area contributed by atoms with E-state index in [4.69, 9.17) is 6.48 Å². The molecule has 36 valence electrons. The summed E-state index contributed by atoms with van der Waals surface area (Å²) in [5.74, 6) is 0.209. The summed E-state index contributed by atoms with van der Waals surface area (Å²) in [5, 5.41) is 8.67. The maximum absolute atomic E-state index is 8.67. The van der Waals surface area contributed by atoms with Gasteiger partial charge in [-0.2, -0.15) is 0 Å². The summed E-state index contributed by atoms with van der Waals surface area (Å²) < 4.78 is 6.98. The molecule has 7 heavy (non-hydrogen) atoms. The highest BCUT2D eigenvalue weighted by atomic mass is 16.3. The van der Waals surface area contributed by atoms with Crippen molar-refractivity contribution in [1.82, 2.24) is 0 Å². The number of aromatic hydroxyl groups is 1. The van der Waals surface area contributed by atoms with Crippen molar-refractivity contribution in [1.29, 1.82) is 0 Å². The van der Waals surface area contributed by atoms with Crippen molar-refractivity contribution in [2.75, 3.05) is 0 Å². The molecule has 0 bridgehead atoms. The van der Waals surface area contributed by atoms with Crippen molar-refractivity contribution in [2.45, 2.75) is 0 Å². The second-order valence-electron chi connectivity index (χ2n) is 1.26. The van der Waals surface area contributed by atoms with Crippen molar-refractivity contribution in [2.24, 2.45) is 0 Å². The monoisotopic (exact) mass is 95.0 g/mol. The molecule has 0 amide bonds. The van der Waals surface area contributed by atoms with Crippen LogP contribution in [0.2, 0.25) is 0 Å². The fraction of sp³-hybridized carbons (Fsp3) is 0. The molecule has 0 saturated carbocycles.